The summed E-state index contributed by atoms with van der Waals surface area (Å²) in [5.74, 6) is 0. The van der Waals surface area contributed by atoms with Crippen LogP contribution in [-0.2, 0) is 14.6 Å². The van der Waals surface area contributed by atoms with Gasteiger partial charge < -0.3 is 4.18 Å². The zero-order valence-electron chi connectivity index (χ0n) is 5.65. The number of hydrogen-bond acceptors (Lipinski definition) is 3. The van der Waals surface area contributed by atoms with Crippen LogP contribution in [0.25, 0.3) is 0 Å². The highest BCUT2D eigenvalue weighted by Crippen LogP contribution is 1.91. The van der Waals surface area contributed by atoms with Gasteiger partial charge in [-0.15, -0.1) is 0 Å². The molecule has 0 amide bonds. The van der Waals surface area contributed by atoms with Crippen LogP contribution in [0.2, 0.25) is 0 Å². The Morgan fingerprint density at radius 3 is 2.60 bits per heavy atom. The van der Waals surface area contributed by atoms with Gasteiger partial charge in [0.15, 0.2) is 0 Å². The highest BCUT2D eigenvalue weighted by atomic mass is 32.3. The molecule has 0 aliphatic carbocycles. The predicted octanol–water partition coefficient (Wildman–Crippen LogP) is 1.12. The molecule has 0 saturated carbocycles. The van der Waals surface area contributed by atoms with Gasteiger partial charge in [0.1, 0.15) is 6.26 Å². The maximum absolute atomic E-state index is 9.88. The van der Waals surface area contributed by atoms with Crippen LogP contribution in [0.3, 0.4) is 0 Å². The standard InChI is InChI=1S/C5H10O4S/c1-2-3-4-5-9-10(6,7)8/h4-5H,2-3H2,1H3,(H,6,7,8)/b5-4+. The minimum atomic E-state index is -4.29. The van der Waals surface area contributed by atoms with E-state index in [0.29, 0.717) is 0 Å². The summed E-state index contributed by atoms with van der Waals surface area (Å²) in [7, 11) is -4.29. The Morgan fingerprint density at radius 2 is 2.20 bits per heavy atom. The summed E-state index contributed by atoms with van der Waals surface area (Å²) >= 11 is 0. The van der Waals surface area contributed by atoms with E-state index >= 15 is 0 Å². The largest absolute Gasteiger partial charge is 0.445 e. The van der Waals surface area contributed by atoms with E-state index in [4.69, 9.17) is 4.55 Å². The summed E-state index contributed by atoms with van der Waals surface area (Å²) in [5.41, 5.74) is 0. The molecular formula is C5H10O4S. The van der Waals surface area contributed by atoms with E-state index in [1.54, 1.807) is 0 Å². The van der Waals surface area contributed by atoms with E-state index in [-0.39, 0.29) is 0 Å². The Kier molecular flexibility index (Phi) is 4.06. The van der Waals surface area contributed by atoms with Gasteiger partial charge in [-0.2, -0.15) is 8.42 Å². The SMILES string of the molecule is CCC/C=C/OS(=O)(=O)O. The van der Waals surface area contributed by atoms with Crippen molar-refractivity contribution in [2.24, 2.45) is 0 Å². The van der Waals surface area contributed by atoms with Gasteiger partial charge in [0.05, 0.1) is 0 Å². The van der Waals surface area contributed by atoms with Crippen molar-refractivity contribution < 1.29 is 17.2 Å². The van der Waals surface area contributed by atoms with Gasteiger partial charge in [-0.05, 0) is 12.5 Å². The average Bonchev–Trinajstić information content (AvgIpc) is 1.78. The monoisotopic (exact) mass is 166 g/mol. The number of unbranched alkanes of at least 4 members (excludes halogenated alkanes) is 1. The average molecular weight is 166 g/mol. The highest BCUT2D eigenvalue weighted by molar-refractivity contribution is 7.81. The molecular weight excluding hydrogens is 156 g/mol. The van der Waals surface area contributed by atoms with Crippen LogP contribution in [0, 0.1) is 0 Å². The maximum Gasteiger partial charge on any atom is 0.445 e. The molecule has 0 aromatic rings. The molecule has 60 valence electrons. The molecule has 0 unspecified atom stereocenters. The first-order chi connectivity index (χ1) is 4.56. The van der Waals surface area contributed by atoms with Crippen molar-refractivity contribution in [1.29, 1.82) is 0 Å². The summed E-state index contributed by atoms with van der Waals surface area (Å²) in [4.78, 5) is 0. The molecule has 0 atom stereocenters. The Hall–Kier alpha value is -0.550. The summed E-state index contributed by atoms with van der Waals surface area (Å²) in [6.07, 6.45) is 4.12. The molecule has 0 radical (unpaired) electrons. The molecule has 0 fully saturated rings. The lowest BCUT2D eigenvalue weighted by molar-refractivity contribution is 0.355. The smallest absolute Gasteiger partial charge is 0.370 e. The molecule has 0 saturated heterocycles. The van der Waals surface area contributed by atoms with Crippen molar-refractivity contribution in [3.05, 3.63) is 12.3 Å². The second-order valence-electron chi connectivity index (χ2n) is 1.68. The fraction of sp³-hybridized carbons (Fsp3) is 0.600. The highest BCUT2D eigenvalue weighted by Gasteiger charge is 1.97. The molecule has 1 N–H and O–H groups in total. The lowest BCUT2D eigenvalue weighted by Gasteiger charge is -1.90. The van der Waals surface area contributed by atoms with E-state index in [2.05, 4.69) is 4.18 Å². The quantitative estimate of drug-likeness (QED) is 0.502. The third-order valence-electron chi connectivity index (χ3n) is 0.729. The Bertz CT molecular complexity index is 192. The lowest BCUT2D eigenvalue weighted by Crippen LogP contribution is -1.96. The number of rotatable bonds is 4. The number of allylic oxidation sites excluding steroid dienone is 1. The molecule has 5 heteroatoms. The first-order valence-corrected chi connectivity index (χ1v) is 4.23. The van der Waals surface area contributed by atoms with Crippen LogP contribution in [-0.4, -0.2) is 13.0 Å². The molecule has 0 aliphatic rings. The van der Waals surface area contributed by atoms with Crippen molar-refractivity contribution in [3.63, 3.8) is 0 Å². The first-order valence-electron chi connectivity index (χ1n) is 2.87. The minimum absolute atomic E-state index is 0.732. The van der Waals surface area contributed by atoms with Crippen molar-refractivity contribution in [2.75, 3.05) is 0 Å². The first kappa shape index (κ1) is 9.45. The molecule has 0 heterocycles. The van der Waals surface area contributed by atoms with Gasteiger partial charge in [-0.3, -0.25) is 4.55 Å². The molecule has 4 nitrogen and oxygen atoms in total. The van der Waals surface area contributed by atoms with Gasteiger partial charge in [0, 0.05) is 0 Å². The van der Waals surface area contributed by atoms with E-state index in [9.17, 15) is 8.42 Å². The lowest BCUT2D eigenvalue weighted by atomic mass is 10.3. The third kappa shape index (κ3) is 7.45. The Balaban J connectivity index is 3.55. The molecule has 0 spiro atoms. The van der Waals surface area contributed by atoms with Crippen LogP contribution >= 0.6 is 0 Å². The Labute approximate surface area is 60.5 Å². The molecule has 0 aliphatic heterocycles. The van der Waals surface area contributed by atoms with Gasteiger partial charge in [0.25, 0.3) is 0 Å². The molecule has 0 aromatic heterocycles. The normalized spacial score (nSPS) is 12.2. The van der Waals surface area contributed by atoms with Crippen LogP contribution in [0.5, 0.6) is 0 Å². The van der Waals surface area contributed by atoms with Gasteiger partial charge in [0.2, 0.25) is 0 Å². The van der Waals surface area contributed by atoms with E-state index in [0.717, 1.165) is 19.1 Å². The van der Waals surface area contributed by atoms with Crippen LogP contribution < -0.4 is 0 Å². The van der Waals surface area contributed by atoms with Crippen molar-refractivity contribution in [1.82, 2.24) is 0 Å². The summed E-state index contributed by atoms with van der Waals surface area (Å²) in [6.45, 7) is 1.94. The molecule has 0 bridgehead atoms. The van der Waals surface area contributed by atoms with Crippen LogP contribution in [0.1, 0.15) is 19.8 Å². The van der Waals surface area contributed by atoms with Crippen molar-refractivity contribution in [3.8, 4) is 0 Å². The summed E-state index contributed by atoms with van der Waals surface area (Å²) in [6, 6.07) is 0. The molecule has 0 rings (SSSR count). The van der Waals surface area contributed by atoms with Gasteiger partial charge >= 0.3 is 10.4 Å². The molecule has 10 heavy (non-hydrogen) atoms. The Morgan fingerprint density at radius 1 is 1.60 bits per heavy atom. The summed E-state index contributed by atoms with van der Waals surface area (Å²) < 4.78 is 31.6. The third-order valence-corrected chi connectivity index (χ3v) is 1.08. The van der Waals surface area contributed by atoms with E-state index in [1.165, 1.54) is 6.08 Å². The van der Waals surface area contributed by atoms with Crippen LogP contribution in [0.15, 0.2) is 12.3 Å². The predicted molar refractivity (Wildman–Crippen MR) is 36.7 cm³/mol. The fourth-order valence-corrected chi connectivity index (χ4v) is 0.563. The van der Waals surface area contributed by atoms with E-state index in [1.807, 2.05) is 6.92 Å². The zero-order valence-corrected chi connectivity index (χ0v) is 6.47. The van der Waals surface area contributed by atoms with Gasteiger partial charge in [-0.1, -0.05) is 13.3 Å². The summed E-state index contributed by atoms with van der Waals surface area (Å²) in [5, 5.41) is 0. The van der Waals surface area contributed by atoms with Crippen molar-refractivity contribution >= 4 is 10.4 Å². The van der Waals surface area contributed by atoms with Gasteiger partial charge in [-0.25, -0.2) is 0 Å². The second-order valence-corrected chi connectivity index (χ2v) is 2.73. The number of hydrogen-bond donors (Lipinski definition) is 1. The van der Waals surface area contributed by atoms with E-state index < -0.39 is 10.4 Å². The minimum Gasteiger partial charge on any atom is -0.370 e. The van der Waals surface area contributed by atoms with Crippen LogP contribution in [0.4, 0.5) is 0 Å². The maximum atomic E-state index is 9.88. The fourth-order valence-electron chi connectivity index (χ4n) is 0.344. The zero-order chi connectivity index (χ0) is 8.04. The topological polar surface area (TPSA) is 63.6 Å². The van der Waals surface area contributed by atoms with Crippen molar-refractivity contribution in [2.45, 2.75) is 19.8 Å². The second kappa shape index (κ2) is 4.29. The molecule has 0 aromatic carbocycles.